The van der Waals surface area contributed by atoms with Crippen LogP contribution in [0.4, 0.5) is 13.2 Å². The van der Waals surface area contributed by atoms with Gasteiger partial charge < -0.3 is 10.6 Å². The third-order valence-electron chi connectivity index (χ3n) is 5.20. The van der Waals surface area contributed by atoms with Crippen LogP contribution < -0.4 is 10.6 Å². The number of alkyl halides is 3. The Balaban J connectivity index is 1.76. The predicted molar refractivity (Wildman–Crippen MR) is 79.3 cm³/mol. The highest BCUT2D eigenvalue weighted by atomic mass is 19.4. The van der Waals surface area contributed by atoms with Gasteiger partial charge in [0.25, 0.3) is 0 Å². The van der Waals surface area contributed by atoms with Gasteiger partial charge in [0.2, 0.25) is 5.91 Å². The number of nitrogens with one attached hydrogen (secondary N) is 2. The van der Waals surface area contributed by atoms with E-state index in [1.54, 1.807) is 0 Å². The highest BCUT2D eigenvalue weighted by molar-refractivity contribution is 5.76. The molecular formula is C16H27F3N2O. The van der Waals surface area contributed by atoms with Crippen LogP contribution in [-0.4, -0.2) is 31.2 Å². The van der Waals surface area contributed by atoms with E-state index in [0.29, 0.717) is 31.1 Å². The third-order valence-corrected chi connectivity index (χ3v) is 5.20. The first-order valence-electron chi connectivity index (χ1n) is 8.43. The number of halogens is 3. The molecule has 128 valence electrons. The summed E-state index contributed by atoms with van der Waals surface area (Å²) in [5.41, 5.74) is 0. The molecule has 1 aliphatic heterocycles. The lowest BCUT2D eigenvalue weighted by atomic mass is 9.83. The highest BCUT2D eigenvalue weighted by Gasteiger charge is 2.42. The SMILES string of the molecule is CC(CC(=O)NC1CCCC(C(F)(F)F)C1)C1CCNCC1. The average molecular weight is 320 g/mol. The molecule has 2 rings (SSSR count). The number of hydrogen-bond donors (Lipinski definition) is 2. The molecule has 2 fully saturated rings. The molecule has 0 aromatic carbocycles. The maximum atomic E-state index is 12.8. The standard InChI is InChI=1S/C16H27F3N2O/c1-11(12-5-7-20-8-6-12)9-15(22)21-14-4-2-3-13(10-14)16(17,18)19/h11-14,20H,2-10H2,1H3,(H,21,22). The molecule has 3 atom stereocenters. The quantitative estimate of drug-likeness (QED) is 0.835. The Bertz CT molecular complexity index is 367. The van der Waals surface area contributed by atoms with Crippen molar-refractivity contribution in [1.82, 2.24) is 10.6 Å². The number of carbonyl (C=O) groups is 1. The monoisotopic (exact) mass is 320 g/mol. The molecular weight excluding hydrogens is 293 g/mol. The van der Waals surface area contributed by atoms with Gasteiger partial charge in [-0.05, 0) is 57.0 Å². The molecule has 1 saturated carbocycles. The molecule has 0 aromatic heterocycles. The summed E-state index contributed by atoms with van der Waals surface area (Å²) in [5.74, 6) is -0.502. The van der Waals surface area contributed by atoms with Gasteiger partial charge >= 0.3 is 6.18 Å². The van der Waals surface area contributed by atoms with Crippen LogP contribution in [0.2, 0.25) is 0 Å². The zero-order valence-electron chi connectivity index (χ0n) is 13.2. The summed E-state index contributed by atoms with van der Waals surface area (Å²) in [6.45, 7) is 4.06. The predicted octanol–water partition coefficient (Wildman–Crippen LogP) is 3.25. The van der Waals surface area contributed by atoms with Crippen molar-refractivity contribution in [1.29, 1.82) is 0 Å². The van der Waals surface area contributed by atoms with Crippen LogP contribution in [0.25, 0.3) is 0 Å². The lowest BCUT2D eigenvalue weighted by Crippen LogP contribution is -2.42. The number of piperidine rings is 1. The molecule has 2 aliphatic rings. The normalized spacial score (nSPS) is 29.1. The van der Waals surface area contributed by atoms with Gasteiger partial charge in [-0.3, -0.25) is 4.79 Å². The summed E-state index contributed by atoms with van der Waals surface area (Å²) in [7, 11) is 0. The summed E-state index contributed by atoms with van der Waals surface area (Å²) in [5, 5.41) is 6.14. The molecule has 0 bridgehead atoms. The van der Waals surface area contributed by atoms with Gasteiger partial charge in [-0.25, -0.2) is 0 Å². The minimum Gasteiger partial charge on any atom is -0.353 e. The van der Waals surface area contributed by atoms with E-state index in [1.807, 2.05) is 0 Å². The van der Waals surface area contributed by atoms with Gasteiger partial charge in [0.1, 0.15) is 0 Å². The Morgan fingerprint density at radius 2 is 1.91 bits per heavy atom. The fourth-order valence-electron chi connectivity index (χ4n) is 3.78. The Hall–Kier alpha value is -0.780. The molecule has 0 aromatic rings. The van der Waals surface area contributed by atoms with Gasteiger partial charge in [-0.1, -0.05) is 13.3 Å². The van der Waals surface area contributed by atoms with E-state index < -0.39 is 12.1 Å². The summed E-state index contributed by atoms with van der Waals surface area (Å²) in [6.07, 6.45) is -0.108. The van der Waals surface area contributed by atoms with Gasteiger partial charge in [-0.15, -0.1) is 0 Å². The van der Waals surface area contributed by atoms with Crippen molar-refractivity contribution in [2.24, 2.45) is 17.8 Å². The molecule has 3 unspecified atom stereocenters. The molecule has 1 saturated heterocycles. The van der Waals surface area contributed by atoms with E-state index in [4.69, 9.17) is 0 Å². The molecule has 1 aliphatic carbocycles. The van der Waals surface area contributed by atoms with Crippen molar-refractivity contribution in [2.45, 2.75) is 64.1 Å². The maximum Gasteiger partial charge on any atom is 0.391 e. The van der Waals surface area contributed by atoms with Crippen molar-refractivity contribution in [3.63, 3.8) is 0 Å². The zero-order valence-corrected chi connectivity index (χ0v) is 13.2. The second-order valence-electron chi connectivity index (χ2n) is 6.94. The van der Waals surface area contributed by atoms with Gasteiger partial charge in [0.05, 0.1) is 5.92 Å². The molecule has 22 heavy (non-hydrogen) atoms. The highest BCUT2D eigenvalue weighted by Crippen LogP contribution is 2.37. The zero-order chi connectivity index (χ0) is 16.2. The van der Waals surface area contributed by atoms with Crippen molar-refractivity contribution in [2.75, 3.05) is 13.1 Å². The maximum absolute atomic E-state index is 12.8. The summed E-state index contributed by atoms with van der Waals surface area (Å²) >= 11 is 0. The average Bonchev–Trinajstić information content (AvgIpc) is 2.47. The molecule has 1 amide bonds. The second-order valence-corrected chi connectivity index (χ2v) is 6.94. The summed E-state index contributed by atoms with van der Waals surface area (Å²) in [6, 6.07) is -0.312. The lowest BCUT2D eigenvalue weighted by Gasteiger charge is -2.32. The number of amides is 1. The first-order valence-corrected chi connectivity index (χ1v) is 8.43. The van der Waals surface area contributed by atoms with Crippen molar-refractivity contribution >= 4 is 5.91 Å². The van der Waals surface area contributed by atoms with E-state index in [-0.39, 0.29) is 24.8 Å². The Labute approximate surface area is 130 Å². The fraction of sp³-hybridized carbons (Fsp3) is 0.938. The van der Waals surface area contributed by atoms with E-state index in [0.717, 1.165) is 25.9 Å². The first-order chi connectivity index (χ1) is 10.4. The van der Waals surface area contributed by atoms with E-state index in [1.165, 1.54) is 0 Å². The smallest absolute Gasteiger partial charge is 0.353 e. The molecule has 6 heteroatoms. The minimum atomic E-state index is -4.13. The summed E-state index contributed by atoms with van der Waals surface area (Å²) < 4.78 is 38.4. The van der Waals surface area contributed by atoms with Crippen LogP contribution in [-0.2, 0) is 4.79 Å². The van der Waals surface area contributed by atoms with Gasteiger partial charge in [0.15, 0.2) is 0 Å². The van der Waals surface area contributed by atoms with Crippen LogP contribution in [0.1, 0.15) is 51.9 Å². The minimum absolute atomic E-state index is 0.0387. The second kappa shape index (κ2) is 7.66. The Morgan fingerprint density at radius 3 is 2.55 bits per heavy atom. The van der Waals surface area contributed by atoms with Crippen LogP contribution >= 0.6 is 0 Å². The van der Waals surface area contributed by atoms with E-state index in [9.17, 15) is 18.0 Å². The number of carbonyl (C=O) groups excluding carboxylic acids is 1. The Morgan fingerprint density at radius 1 is 1.23 bits per heavy atom. The molecule has 0 spiro atoms. The Kier molecular flexibility index (Phi) is 6.12. The van der Waals surface area contributed by atoms with Crippen LogP contribution in [0.3, 0.4) is 0 Å². The van der Waals surface area contributed by atoms with Gasteiger partial charge in [-0.2, -0.15) is 13.2 Å². The van der Waals surface area contributed by atoms with Crippen molar-refractivity contribution in [3.8, 4) is 0 Å². The number of rotatable bonds is 4. The topological polar surface area (TPSA) is 41.1 Å². The van der Waals surface area contributed by atoms with Crippen molar-refractivity contribution < 1.29 is 18.0 Å². The van der Waals surface area contributed by atoms with Crippen LogP contribution in [0.5, 0.6) is 0 Å². The van der Waals surface area contributed by atoms with Crippen LogP contribution in [0.15, 0.2) is 0 Å². The van der Waals surface area contributed by atoms with E-state index >= 15 is 0 Å². The lowest BCUT2D eigenvalue weighted by molar-refractivity contribution is -0.184. The van der Waals surface area contributed by atoms with Crippen LogP contribution in [0, 0.1) is 17.8 Å². The first kappa shape index (κ1) is 17.6. The fourth-order valence-corrected chi connectivity index (χ4v) is 3.78. The summed E-state index contributed by atoms with van der Waals surface area (Å²) in [4.78, 5) is 12.1. The van der Waals surface area contributed by atoms with Crippen molar-refractivity contribution in [3.05, 3.63) is 0 Å². The largest absolute Gasteiger partial charge is 0.391 e. The molecule has 2 N–H and O–H groups in total. The third kappa shape index (κ3) is 5.14. The molecule has 0 radical (unpaired) electrons. The molecule has 3 nitrogen and oxygen atoms in total. The van der Waals surface area contributed by atoms with E-state index in [2.05, 4.69) is 17.6 Å². The van der Waals surface area contributed by atoms with Gasteiger partial charge in [0, 0.05) is 12.5 Å². The number of hydrogen-bond acceptors (Lipinski definition) is 2. The molecule has 1 heterocycles.